The third-order valence-corrected chi connectivity index (χ3v) is 6.67. The summed E-state index contributed by atoms with van der Waals surface area (Å²) in [5.74, 6) is 0. The van der Waals surface area contributed by atoms with Crippen molar-refractivity contribution in [3.05, 3.63) is 143 Å². The highest BCUT2D eigenvalue weighted by Crippen LogP contribution is 2.38. The van der Waals surface area contributed by atoms with E-state index in [2.05, 4.69) is 139 Å². The molecule has 0 heterocycles. The molecular weight excluding hydrogens is 419 g/mol. The Morgan fingerprint density at radius 2 is 0.941 bits per heavy atom. The molecule has 4 aromatic carbocycles. The zero-order valence-electron chi connectivity index (χ0n) is 19.6. The molecule has 0 aliphatic heterocycles. The van der Waals surface area contributed by atoms with Gasteiger partial charge in [-0.1, -0.05) is 127 Å². The van der Waals surface area contributed by atoms with Gasteiger partial charge in [0.1, 0.15) is 0 Å². The minimum atomic E-state index is -0.121. The van der Waals surface area contributed by atoms with E-state index in [0.717, 1.165) is 19.3 Å². The first-order valence-corrected chi connectivity index (χ1v) is 11.9. The summed E-state index contributed by atoms with van der Waals surface area (Å²) in [4.78, 5) is 3.49. The van der Waals surface area contributed by atoms with Gasteiger partial charge in [-0.05, 0) is 58.5 Å². The summed E-state index contributed by atoms with van der Waals surface area (Å²) in [6.45, 7) is 2.30. The summed E-state index contributed by atoms with van der Waals surface area (Å²) in [5.41, 5.74) is 6.57. The normalized spacial score (nSPS) is 13.7. The van der Waals surface area contributed by atoms with Gasteiger partial charge in [0.05, 0.1) is 6.10 Å². The average molecular weight is 451 g/mol. The Morgan fingerprint density at radius 1 is 0.588 bits per heavy atom. The lowest BCUT2D eigenvalue weighted by Crippen LogP contribution is -2.25. The maximum atomic E-state index is 10.9. The molecule has 6 rings (SSSR count). The van der Waals surface area contributed by atoms with E-state index in [1.54, 1.807) is 0 Å². The van der Waals surface area contributed by atoms with Crippen LogP contribution < -0.4 is 0 Å². The van der Waals surface area contributed by atoms with Crippen molar-refractivity contribution >= 4 is 12.2 Å². The molecule has 1 saturated carbocycles. The third kappa shape index (κ3) is 5.52. The van der Waals surface area contributed by atoms with Gasteiger partial charge in [0.15, 0.2) is 0 Å². The Kier molecular flexibility index (Phi) is 8.06. The SMILES string of the molecule is C1=Cc2ccccc21.CC(c1ccccc1)(c1ccccc1)c1ccccc1.FOC1CCC1. The summed E-state index contributed by atoms with van der Waals surface area (Å²) in [6.07, 6.45) is 7.15. The van der Waals surface area contributed by atoms with Crippen LogP contribution in [0, 0.1) is 0 Å². The second kappa shape index (κ2) is 11.6. The van der Waals surface area contributed by atoms with Crippen LogP contribution >= 0.6 is 0 Å². The molecule has 1 nitrogen and oxygen atoms in total. The molecule has 0 saturated heterocycles. The van der Waals surface area contributed by atoms with Crippen LogP contribution in [0.1, 0.15) is 54.0 Å². The van der Waals surface area contributed by atoms with Gasteiger partial charge in [-0.25, -0.2) is 0 Å². The van der Waals surface area contributed by atoms with E-state index in [4.69, 9.17) is 0 Å². The molecule has 2 aliphatic rings. The van der Waals surface area contributed by atoms with Gasteiger partial charge in [-0.3, -0.25) is 0 Å². The Labute approximate surface area is 202 Å². The van der Waals surface area contributed by atoms with Crippen molar-refractivity contribution < 1.29 is 9.47 Å². The lowest BCUT2D eigenvalue weighted by atomic mass is 9.71. The van der Waals surface area contributed by atoms with E-state index in [0.29, 0.717) is 0 Å². The molecular formula is C32H31FO. The lowest BCUT2D eigenvalue weighted by Gasteiger charge is -2.31. The van der Waals surface area contributed by atoms with E-state index >= 15 is 0 Å². The minimum absolute atomic E-state index is 0.0509. The fraction of sp³-hybridized carbons (Fsp3) is 0.188. The van der Waals surface area contributed by atoms with Crippen molar-refractivity contribution in [2.24, 2.45) is 0 Å². The molecule has 0 spiro atoms. The molecule has 34 heavy (non-hydrogen) atoms. The highest BCUT2D eigenvalue weighted by molar-refractivity contribution is 5.85. The lowest BCUT2D eigenvalue weighted by molar-refractivity contribution is -0.201. The topological polar surface area (TPSA) is 9.23 Å². The number of fused-ring (bicyclic) bond motifs is 1. The maximum Gasteiger partial charge on any atom is 0.0983 e. The molecule has 1 fully saturated rings. The predicted octanol–water partition coefficient (Wildman–Crippen LogP) is 8.65. The van der Waals surface area contributed by atoms with Crippen LogP contribution in [-0.2, 0) is 10.4 Å². The monoisotopic (exact) mass is 450 g/mol. The summed E-state index contributed by atoms with van der Waals surface area (Å²) < 4.78 is 10.9. The molecule has 2 aliphatic carbocycles. The van der Waals surface area contributed by atoms with Gasteiger partial charge in [-0.15, -0.1) is 0 Å². The fourth-order valence-corrected chi connectivity index (χ4v) is 4.17. The van der Waals surface area contributed by atoms with Gasteiger partial charge >= 0.3 is 0 Å². The van der Waals surface area contributed by atoms with E-state index in [1.165, 1.54) is 27.8 Å². The van der Waals surface area contributed by atoms with E-state index in [1.807, 2.05) is 0 Å². The summed E-state index contributed by atoms with van der Waals surface area (Å²) in [7, 11) is 0. The van der Waals surface area contributed by atoms with Crippen LogP contribution in [0.4, 0.5) is 4.53 Å². The number of halogens is 1. The molecule has 0 bridgehead atoms. The zero-order valence-corrected chi connectivity index (χ0v) is 19.6. The van der Waals surface area contributed by atoms with Crippen LogP contribution in [0.3, 0.4) is 0 Å². The molecule has 2 heteroatoms. The van der Waals surface area contributed by atoms with Crippen LogP contribution in [0.15, 0.2) is 115 Å². The van der Waals surface area contributed by atoms with Gasteiger partial charge in [0, 0.05) is 5.41 Å². The number of benzene rings is 4. The maximum absolute atomic E-state index is 10.9. The highest BCUT2D eigenvalue weighted by atomic mass is 19.3. The van der Waals surface area contributed by atoms with Gasteiger partial charge in [0.25, 0.3) is 0 Å². The van der Waals surface area contributed by atoms with Crippen molar-refractivity contribution in [3.63, 3.8) is 0 Å². The van der Waals surface area contributed by atoms with Crippen LogP contribution in [0.5, 0.6) is 0 Å². The van der Waals surface area contributed by atoms with Crippen molar-refractivity contribution in [1.82, 2.24) is 0 Å². The molecule has 0 aromatic heterocycles. The molecule has 0 radical (unpaired) electrons. The second-order valence-electron chi connectivity index (χ2n) is 8.83. The highest BCUT2D eigenvalue weighted by Gasteiger charge is 2.30. The molecule has 0 N–H and O–H groups in total. The Bertz CT molecular complexity index is 1040. The molecule has 0 unspecified atom stereocenters. The Hall–Kier alpha value is -3.49. The smallest absolute Gasteiger partial charge is 0.0983 e. The number of hydrogen-bond acceptors (Lipinski definition) is 1. The van der Waals surface area contributed by atoms with E-state index in [9.17, 15) is 4.53 Å². The summed E-state index contributed by atoms with van der Waals surface area (Å²) in [6, 6.07) is 40.5. The van der Waals surface area contributed by atoms with Gasteiger partial charge < -0.3 is 0 Å². The molecule has 4 aromatic rings. The average Bonchev–Trinajstić information content (AvgIpc) is 2.86. The molecule has 0 atom stereocenters. The van der Waals surface area contributed by atoms with Crippen LogP contribution in [0.25, 0.3) is 12.2 Å². The van der Waals surface area contributed by atoms with Gasteiger partial charge in [0.2, 0.25) is 0 Å². The number of rotatable bonds is 4. The summed E-state index contributed by atoms with van der Waals surface area (Å²) >= 11 is 0. The van der Waals surface area contributed by atoms with Crippen LogP contribution in [-0.4, -0.2) is 6.10 Å². The Morgan fingerprint density at radius 3 is 1.15 bits per heavy atom. The van der Waals surface area contributed by atoms with Gasteiger partial charge in [-0.2, -0.15) is 4.94 Å². The molecule has 0 amide bonds. The predicted molar refractivity (Wildman–Crippen MR) is 140 cm³/mol. The van der Waals surface area contributed by atoms with Crippen molar-refractivity contribution in [3.8, 4) is 0 Å². The Balaban J connectivity index is 0.000000158. The summed E-state index contributed by atoms with van der Waals surface area (Å²) in [5, 5.41) is 0. The van der Waals surface area contributed by atoms with Crippen molar-refractivity contribution in [2.45, 2.75) is 37.7 Å². The standard InChI is InChI=1S/C20H18.C8H6.C4H7FO/c1-20(17-11-5-2-6-12-17,18-13-7-3-8-14-18)19-15-9-4-10-16-19;1-2-4-8-6-5-7(8)3-1;5-6-4-2-1-3-4/h2-16H,1H3;1-6H;4H,1-3H2. The van der Waals surface area contributed by atoms with E-state index in [-0.39, 0.29) is 11.5 Å². The largest absolute Gasteiger partial charge is 0.191 e. The van der Waals surface area contributed by atoms with Crippen LogP contribution in [0.2, 0.25) is 0 Å². The van der Waals surface area contributed by atoms with Crippen molar-refractivity contribution in [2.75, 3.05) is 0 Å². The first-order chi connectivity index (χ1) is 16.7. The first kappa shape index (κ1) is 23.7. The first-order valence-electron chi connectivity index (χ1n) is 11.9. The van der Waals surface area contributed by atoms with Crippen molar-refractivity contribution in [1.29, 1.82) is 0 Å². The van der Waals surface area contributed by atoms with E-state index < -0.39 is 0 Å². The second-order valence-corrected chi connectivity index (χ2v) is 8.83. The fourth-order valence-electron chi connectivity index (χ4n) is 4.17. The molecule has 172 valence electrons. The number of hydrogen-bond donors (Lipinski definition) is 0. The third-order valence-electron chi connectivity index (χ3n) is 6.67. The quantitative estimate of drug-likeness (QED) is 0.249. The zero-order chi connectivity index (χ0) is 23.6. The minimum Gasteiger partial charge on any atom is -0.191 e.